The van der Waals surface area contributed by atoms with E-state index in [-0.39, 0.29) is 29.2 Å². The second-order valence-corrected chi connectivity index (χ2v) is 3.90. The predicted octanol–water partition coefficient (Wildman–Crippen LogP) is 2.79. The van der Waals surface area contributed by atoms with E-state index >= 15 is 0 Å². The molecule has 1 heterocycles. The van der Waals surface area contributed by atoms with Gasteiger partial charge >= 0.3 is 0 Å². The quantitative estimate of drug-likeness (QED) is 0.796. The second kappa shape index (κ2) is 5.56. The monoisotopic (exact) mass is 263 g/mol. The van der Waals surface area contributed by atoms with Gasteiger partial charge in [-0.15, -0.1) is 0 Å². The van der Waals surface area contributed by atoms with Gasteiger partial charge in [0.1, 0.15) is 11.6 Å². The molecule has 3 nitrogen and oxygen atoms in total. The Bertz CT molecular complexity index is 614. The smallest absolute Gasteiger partial charge is 0.224 e. The number of ketones is 1. The fourth-order valence-corrected chi connectivity index (χ4v) is 1.71. The van der Waals surface area contributed by atoms with Crippen LogP contribution in [0.3, 0.4) is 0 Å². The number of methoxy groups -OCH3 is 1. The third-order valence-electron chi connectivity index (χ3n) is 2.62. The molecule has 2 rings (SSSR count). The van der Waals surface area contributed by atoms with Crippen LogP contribution in [0.15, 0.2) is 36.5 Å². The molecular formula is C14H11F2NO2. The minimum absolute atomic E-state index is 0.0101. The van der Waals surface area contributed by atoms with Crippen LogP contribution in [0.1, 0.15) is 15.9 Å². The number of pyridine rings is 1. The lowest BCUT2D eigenvalue weighted by Gasteiger charge is -2.06. The summed E-state index contributed by atoms with van der Waals surface area (Å²) in [7, 11) is 1.39. The summed E-state index contributed by atoms with van der Waals surface area (Å²) in [5, 5.41) is 0. The second-order valence-electron chi connectivity index (χ2n) is 3.90. The summed E-state index contributed by atoms with van der Waals surface area (Å²) in [5.41, 5.74) is 0.254. The first-order valence-electron chi connectivity index (χ1n) is 5.58. The molecule has 0 aliphatic carbocycles. The number of aromatic nitrogens is 1. The highest BCUT2D eigenvalue weighted by Crippen LogP contribution is 2.18. The van der Waals surface area contributed by atoms with Gasteiger partial charge < -0.3 is 4.74 Å². The van der Waals surface area contributed by atoms with Crippen molar-refractivity contribution in [3.05, 3.63) is 59.3 Å². The van der Waals surface area contributed by atoms with Crippen LogP contribution in [0.25, 0.3) is 0 Å². The number of nitrogens with zero attached hydrogens (tertiary/aromatic N) is 1. The number of benzene rings is 1. The van der Waals surface area contributed by atoms with Crippen molar-refractivity contribution in [2.45, 2.75) is 6.42 Å². The van der Waals surface area contributed by atoms with E-state index < -0.39 is 11.6 Å². The SMILES string of the molecule is COc1ncccc1C(=O)Cc1cc(F)ccc1F. The number of hydrogen-bond acceptors (Lipinski definition) is 3. The summed E-state index contributed by atoms with van der Waals surface area (Å²) in [4.78, 5) is 15.9. The highest BCUT2D eigenvalue weighted by atomic mass is 19.1. The highest BCUT2D eigenvalue weighted by Gasteiger charge is 2.15. The van der Waals surface area contributed by atoms with E-state index in [0.717, 1.165) is 18.2 Å². The lowest BCUT2D eigenvalue weighted by molar-refractivity contribution is 0.0988. The van der Waals surface area contributed by atoms with Crippen molar-refractivity contribution < 1.29 is 18.3 Å². The number of rotatable bonds is 4. The fourth-order valence-electron chi connectivity index (χ4n) is 1.71. The van der Waals surface area contributed by atoms with Crippen LogP contribution in [0, 0.1) is 11.6 Å². The lowest BCUT2D eigenvalue weighted by Crippen LogP contribution is -2.08. The molecule has 1 aromatic carbocycles. The molecule has 0 saturated heterocycles. The van der Waals surface area contributed by atoms with Crippen LogP contribution in [0.2, 0.25) is 0 Å². The first-order valence-corrected chi connectivity index (χ1v) is 5.58. The Morgan fingerprint density at radius 2 is 2.11 bits per heavy atom. The van der Waals surface area contributed by atoms with Crippen molar-refractivity contribution in [1.29, 1.82) is 0 Å². The van der Waals surface area contributed by atoms with Gasteiger partial charge in [-0.1, -0.05) is 0 Å². The summed E-state index contributed by atoms with van der Waals surface area (Å²) in [6.45, 7) is 0. The van der Waals surface area contributed by atoms with Crippen molar-refractivity contribution in [2.75, 3.05) is 7.11 Å². The molecule has 0 fully saturated rings. The van der Waals surface area contributed by atoms with E-state index in [4.69, 9.17) is 4.74 Å². The molecule has 0 radical (unpaired) electrons. The van der Waals surface area contributed by atoms with Gasteiger partial charge in [-0.05, 0) is 35.9 Å². The standard InChI is InChI=1S/C14H11F2NO2/c1-19-14-11(3-2-6-17-14)13(18)8-9-7-10(15)4-5-12(9)16/h2-7H,8H2,1H3. The molecule has 2 aromatic rings. The van der Waals surface area contributed by atoms with Crippen LogP contribution >= 0.6 is 0 Å². The molecule has 0 aliphatic rings. The van der Waals surface area contributed by atoms with Gasteiger partial charge in [0.05, 0.1) is 12.7 Å². The van der Waals surface area contributed by atoms with Crippen LogP contribution in [0.5, 0.6) is 5.88 Å². The van der Waals surface area contributed by atoms with E-state index in [1.807, 2.05) is 0 Å². The molecule has 5 heteroatoms. The van der Waals surface area contributed by atoms with E-state index in [0.29, 0.717) is 0 Å². The number of hydrogen-bond donors (Lipinski definition) is 0. The Morgan fingerprint density at radius 1 is 1.32 bits per heavy atom. The van der Waals surface area contributed by atoms with Crippen molar-refractivity contribution in [2.24, 2.45) is 0 Å². The Morgan fingerprint density at radius 3 is 2.84 bits per heavy atom. The van der Waals surface area contributed by atoms with Crippen LogP contribution in [-0.2, 0) is 6.42 Å². The minimum atomic E-state index is -0.613. The fraction of sp³-hybridized carbons (Fsp3) is 0.143. The third kappa shape index (κ3) is 2.93. The van der Waals surface area contributed by atoms with Gasteiger partial charge in [0.25, 0.3) is 0 Å². The average Bonchev–Trinajstić information content (AvgIpc) is 2.42. The largest absolute Gasteiger partial charge is 0.480 e. The van der Waals surface area contributed by atoms with Crippen molar-refractivity contribution >= 4 is 5.78 Å². The van der Waals surface area contributed by atoms with E-state index in [1.165, 1.54) is 19.4 Å². The number of carbonyl (C=O) groups is 1. The first-order chi connectivity index (χ1) is 9.11. The Balaban J connectivity index is 2.28. The summed E-state index contributed by atoms with van der Waals surface area (Å²) in [6, 6.07) is 6.13. The Labute approximate surface area is 108 Å². The van der Waals surface area contributed by atoms with Gasteiger partial charge in [0, 0.05) is 12.6 Å². The van der Waals surface area contributed by atoms with Gasteiger partial charge in [0.15, 0.2) is 5.78 Å². The average molecular weight is 263 g/mol. The molecule has 1 aromatic heterocycles. The summed E-state index contributed by atoms with van der Waals surface area (Å²) >= 11 is 0. The number of Topliss-reactive ketones (excluding diaryl/α,β-unsaturated/α-hetero) is 1. The molecule has 98 valence electrons. The molecule has 19 heavy (non-hydrogen) atoms. The van der Waals surface area contributed by atoms with E-state index in [1.54, 1.807) is 6.07 Å². The minimum Gasteiger partial charge on any atom is -0.480 e. The first kappa shape index (κ1) is 13.1. The zero-order chi connectivity index (χ0) is 13.8. The highest BCUT2D eigenvalue weighted by molar-refractivity contribution is 5.99. The number of carbonyl (C=O) groups excluding carboxylic acids is 1. The van der Waals surface area contributed by atoms with Gasteiger partial charge in [0.2, 0.25) is 5.88 Å². The molecule has 0 N–H and O–H groups in total. The normalized spacial score (nSPS) is 10.3. The maximum absolute atomic E-state index is 13.5. The zero-order valence-corrected chi connectivity index (χ0v) is 10.2. The van der Waals surface area contributed by atoms with Crippen molar-refractivity contribution in [3.63, 3.8) is 0 Å². The van der Waals surface area contributed by atoms with Crippen molar-refractivity contribution in [3.8, 4) is 5.88 Å². The van der Waals surface area contributed by atoms with Crippen molar-refractivity contribution in [1.82, 2.24) is 4.98 Å². The van der Waals surface area contributed by atoms with Gasteiger partial charge in [-0.2, -0.15) is 0 Å². The summed E-state index contributed by atoms with van der Waals surface area (Å²) in [6.07, 6.45) is 1.24. The van der Waals surface area contributed by atoms with E-state index in [9.17, 15) is 13.6 Å². The lowest BCUT2D eigenvalue weighted by atomic mass is 10.0. The molecule has 0 spiro atoms. The van der Waals surface area contributed by atoms with Crippen LogP contribution < -0.4 is 4.74 Å². The Hall–Kier alpha value is -2.30. The third-order valence-corrected chi connectivity index (χ3v) is 2.62. The summed E-state index contributed by atoms with van der Waals surface area (Å²) in [5.74, 6) is -1.40. The maximum atomic E-state index is 13.5. The molecule has 0 bridgehead atoms. The maximum Gasteiger partial charge on any atom is 0.224 e. The molecule has 0 atom stereocenters. The molecule has 0 aliphatic heterocycles. The topological polar surface area (TPSA) is 39.2 Å². The Kier molecular flexibility index (Phi) is 3.85. The van der Waals surface area contributed by atoms with Gasteiger partial charge in [-0.25, -0.2) is 13.8 Å². The molecule has 0 saturated carbocycles. The predicted molar refractivity (Wildman–Crippen MR) is 65.2 cm³/mol. The van der Waals surface area contributed by atoms with Crippen LogP contribution in [-0.4, -0.2) is 17.9 Å². The summed E-state index contributed by atoms with van der Waals surface area (Å²) < 4.78 is 31.5. The van der Waals surface area contributed by atoms with Gasteiger partial charge in [-0.3, -0.25) is 4.79 Å². The molecular weight excluding hydrogens is 252 g/mol. The number of ether oxygens (including phenoxy) is 1. The van der Waals surface area contributed by atoms with E-state index in [2.05, 4.69) is 4.98 Å². The number of halogens is 2. The zero-order valence-electron chi connectivity index (χ0n) is 10.2. The molecule has 0 unspecified atom stereocenters. The molecule has 0 amide bonds. The van der Waals surface area contributed by atoms with Crippen LogP contribution in [0.4, 0.5) is 8.78 Å².